The lowest BCUT2D eigenvalue weighted by atomic mass is 9.96. The SMILES string of the molecule is [C-]#[N+]c1ccc2c(n1)c(N1C[C@@H](C)N(C(c3cccc(F)c3)c3ccccn3)C[C@@H]1C)cc(=O)n2C. The molecule has 3 aromatic heterocycles. The Morgan fingerprint density at radius 3 is 2.61 bits per heavy atom. The summed E-state index contributed by atoms with van der Waals surface area (Å²) in [5.41, 5.74) is 3.66. The van der Waals surface area contributed by atoms with Crippen molar-refractivity contribution in [1.29, 1.82) is 0 Å². The Morgan fingerprint density at radius 2 is 1.89 bits per heavy atom. The Hall–Kier alpha value is -4.09. The molecule has 1 aromatic carbocycles. The van der Waals surface area contributed by atoms with Crippen molar-refractivity contribution in [3.8, 4) is 0 Å². The van der Waals surface area contributed by atoms with Crippen LogP contribution in [-0.4, -0.2) is 44.6 Å². The molecule has 36 heavy (non-hydrogen) atoms. The first-order valence-corrected chi connectivity index (χ1v) is 11.9. The molecule has 8 heteroatoms. The second-order valence-electron chi connectivity index (χ2n) is 9.34. The quantitative estimate of drug-likeness (QED) is 0.395. The van der Waals surface area contributed by atoms with Crippen LogP contribution in [0.4, 0.5) is 15.9 Å². The number of fused-ring (bicyclic) bond motifs is 1. The van der Waals surface area contributed by atoms with Gasteiger partial charge in [-0.15, -0.1) is 4.98 Å². The van der Waals surface area contributed by atoms with E-state index >= 15 is 0 Å². The highest BCUT2D eigenvalue weighted by molar-refractivity contribution is 5.89. The number of anilines is 1. The molecule has 0 N–H and O–H groups in total. The third-order valence-electron chi connectivity index (χ3n) is 6.98. The van der Waals surface area contributed by atoms with E-state index in [9.17, 15) is 9.18 Å². The molecule has 0 amide bonds. The van der Waals surface area contributed by atoms with Crippen LogP contribution in [0, 0.1) is 12.4 Å². The lowest BCUT2D eigenvalue weighted by Gasteiger charge is -2.48. The van der Waals surface area contributed by atoms with Crippen LogP contribution >= 0.6 is 0 Å². The summed E-state index contributed by atoms with van der Waals surface area (Å²) in [6, 6.07) is 17.4. The number of piperazine rings is 1. The van der Waals surface area contributed by atoms with Gasteiger partial charge in [0.1, 0.15) is 5.82 Å². The summed E-state index contributed by atoms with van der Waals surface area (Å²) in [5, 5.41) is 0. The first-order chi connectivity index (χ1) is 17.4. The Bertz CT molecular complexity index is 1510. The number of benzene rings is 1. The second-order valence-corrected chi connectivity index (χ2v) is 9.34. The predicted octanol–water partition coefficient (Wildman–Crippen LogP) is 4.71. The Labute approximate surface area is 209 Å². The maximum absolute atomic E-state index is 14.2. The third-order valence-corrected chi connectivity index (χ3v) is 6.98. The molecule has 1 saturated heterocycles. The summed E-state index contributed by atoms with van der Waals surface area (Å²) in [5.74, 6) is 0.0177. The van der Waals surface area contributed by atoms with Crippen molar-refractivity contribution >= 4 is 22.5 Å². The number of nitrogens with zero attached hydrogens (tertiary/aromatic N) is 6. The molecule has 0 spiro atoms. The highest BCUT2D eigenvalue weighted by Crippen LogP contribution is 2.35. The molecule has 3 atom stereocenters. The maximum atomic E-state index is 14.2. The molecule has 1 aliphatic rings. The summed E-state index contributed by atoms with van der Waals surface area (Å²) >= 11 is 0. The minimum Gasteiger partial charge on any atom is -0.362 e. The molecular weight excluding hydrogens is 455 g/mol. The first kappa shape index (κ1) is 23.6. The average Bonchev–Trinajstić information content (AvgIpc) is 2.88. The van der Waals surface area contributed by atoms with Crippen molar-refractivity contribution in [2.24, 2.45) is 7.05 Å². The zero-order valence-electron chi connectivity index (χ0n) is 20.5. The monoisotopic (exact) mass is 482 g/mol. The van der Waals surface area contributed by atoms with E-state index in [2.05, 4.69) is 38.5 Å². The number of aromatic nitrogens is 3. The van der Waals surface area contributed by atoms with E-state index < -0.39 is 0 Å². The van der Waals surface area contributed by atoms with E-state index in [4.69, 9.17) is 6.57 Å². The van der Waals surface area contributed by atoms with Gasteiger partial charge < -0.3 is 14.3 Å². The predicted molar refractivity (Wildman–Crippen MR) is 139 cm³/mol. The summed E-state index contributed by atoms with van der Waals surface area (Å²) in [6.45, 7) is 12.9. The van der Waals surface area contributed by atoms with Crippen LogP contribution in [0.3, 0.4) is 0 Å². The average molecular weight is 483 g/mol. The van der Waals surface area contributed by atoms with E-state index in [0.29, 0.717) is 29.9 Å². The number of rotatable bonds is 4. The van der Waals surface area contributed by atoms with Gasteiger partial charge in [-0.25, -0.2) is 4.39 Å². The first-order valence-electron chi connectivity index (χ1n) is 11.9. The Balaban J connectivity index is 1.56. The smallest absolute Gasteiger partial charge is 0.270 e. The normalized spacial score (nSPS) is 19.2. The fraction of sp³-hybridized carbons (Fsp3) is 0.286. The van der Waals surface area contributed by atoms with E-state index in [-0.39, 0.29) is 29.5 Å². The zero-order chi connectivity index (χ0) is 25.4. The standard InChI is InChI=1S/C28H27FN6O/c1-18-17-35(28(22-10-5-6-13-31-22)20-8-7-9-21(29)14-20)19(2)16-34(18)24-15-26(36)33(4)23-11-12-25(30-3)32-27(23)24/h5-15,18-19,28H,16-17H2,1-2,4H3/t18-,19+,28?/m0/s1. The number of hydrogen-bond acceptors (Lipinski definition) is 5. The third kappa shape index (κ3) is 4.23. The molecule has 0 radical (unpaired) electrons. The maximum Gasteiger partial charge on any atom is 0.270 e. The van der Waals surface area contributed by atoms with Gasteiger partial charge in [-0.1, -0.05) is 24.8 Å². The van der Waals surface area contributed by atoms with E-state index in [1.807, 2.05) is 24.3 Å². The molecule has 1 aliphatic heterocycles. The van der Waals surface area contributed by atoms with Crippen LogP contribution in [0.2, 0.25) is 0 Å². The molecule has 4 aromatic rings. The molecular formula is C28H27FN6O. The number of hydrogen-bond donors (Lipinski definition) is 0. The molecule has 7 nitrogen and oxygen atoms in total. The fourth-order valence-electron chi connectivity index (χ4n) is 5.18. The molecule has 0 bridgehead atoms. The molecule has 1 fully saturated rings. The van der Waals surface area contributed by atoms with Crippen molar-refractivity contribution in [2.45, 2.75) is 32.0 Å². The molecule has 0 saturated carbocycles. The van der Waals surface area contributed by atoms with Crippen LogP contribution in [0.5, 0.6) is 0 Å². The van der Waals surface area contributed by atoms with Crippen molar-refractivity contribution in [3.05, 3.63) is 106 Å². The zero-order valence-corrected chi connectivity index (χ0v) is 20.5. The van der Waals surface area contributed by atoms with Gasteiger partial charge >= 0.3 is 0 Å². The van der Waals surface area contributed by atoms with Gasteiger partial charge in [0.15, 0.2) is 0 Å². The molecule has 5 rings (SSSR count). The highest BCUT2D eigenvalue weighted by Gasteiger charge is 2.37. The highest BCUT2D eigenvalue weighted by atomic mass is 19.1. The molecule has 1 unspecified atom stereocenters. The molecule has 182 valence electrons. The van der Waals surface area contributed by atoms with Gasteiger partial charge in [-0.3, -0.25) is 14.7 Å². The Morgan fingerprint density at radius 1 is 1.06 bits per heavy atom. The van der Waals surface area contributed by atoms with Crippen LogP contribution in [0.1, 0.15) is 31.1 Å². The topological polar surface area (TPSA) is 58.6 Å². The van der Waals surface area contributed by atoms with Gasteiger partial charge in [-0.05, 0) is 55.8 Å². The van der Waals surface area contributed by atoms with E-state index in [1.54, 1.807) is 48.1 Å². The second kappa shape index (κ2) is 9.51. The van der Waals surface area contributed by atoms with Crippen LogP contribution in [0.15, 0.2) is 71.7 Å². The fourth-order valence-corrected chi connectivity index (χ4v) is 5.18. The minimum absolute atomic E-state index is 0.0228. The summed E-state index contributed by atoms with van der Waals surface area (Å²) in [7, 11) is 1.72. The van der Waals surface area contributed by atoms with E-state index in [1.165, 1.54) is 6.07 Å². The largest absolute Gasteiger partial charge is 0.362 e. The summed E-state index contributed by atoms with van der Waals surface area (Å²) in [6.07, 6.45) is 1.76. The lowest BCUT2D eigenvalue weighted by molar-refractivity contribution is 0.127. The number of pyridine rings is 3. The van der Waals surface area contributed by atoms with Crippen molar-refractivity contribution in [2.75, 3.05) is 18.0 Å². The van der Waals surface area contributed by atoms with Crippen molar-refractivity contribution in [1.82, 2.24) is 19.4 Å². The molecule has 4 heterocycles. The van der Waals surface area contributed by atoms with Gasteiger partial charge in [0.05, 0.1) is 22.9 Å². The summed E-state index contributed by atoms with van der Waals surface area (Å²) in [4.78, 5) is 30.0. The summed E-state index contributed by atoms with van der Waals surface area (Å²) < 4.78 is 15.8. The molecule has 0 aliphatic carbocycles. The number of halogens is 1. The Kier molecular flexibility index (Phi) is 6.25. The van der Waals surface area contributed by atoms with Crippen molar-refractivity contribution in [3.63, 3.8) is 0 Å². The number of aryl methyl sites for hydroxylation is 1. The van der Waals surface area contributed by atoms with E-state index in [0.717, 1.165) is 16.9 Å². The van der Waals surface area contributed by atoms with Crippen LogP contribution in [-0.2, 0) is 7.05 Å². The van der Waals surface area contributed by atoms with Gasteiger partial charge in [-0.2, -0.15) is 0 Å². The van der Waals surface area contributed by atoms with Crippen LogP contribution in [0.25, 0.3) is 15.9 Å². The van der Waals surface area contributed by atoms with Gasteiger partial charge in [0.25, 0.3) is 11.4 Å². The lowest BCUT2D eigenvalue weighted by Crippen LogP contribution is -2.57. The van der Waals surface area contributed by atoms with Crippen molar-refractivity contribution < 1.29 is 4.39 Å². The van der Waals surface area contributed by atoms with Gasteiger partial charge in [0.2, 0.25) is 5.52 Å². The van der Waals surface area contributed by atoms with Gasteiger partial charge in [0, 0.05) is 44.5 Å². The minimum atomic E-state index is -0.277. The van der Waals surface area contributed by atoms with Crippen LogP contribution < -0.4 is 10.5 Å².